The zero-order chi connectivity index (χ0) is 16.1. The average Bonchev–Trinajstić information content (AvgIpc) is 2.47. The number of methoxy groups -OCH3 is 1. The fourth-order valence-electron chi connectivity index (χ4n) is 2.35. The Labute approximate surface area is 128 Å². The number of benzene rings is 2. The number of para-hydroxylation sites is 1. The van der Waals surface area contributed by atoms with Crippen LogP contribution in [0.25, 0.3) is 0 Å². The summed E-state index contributed by atoms with van der Waals surface area (Å²) in [6.07, 6.45) is -1.03. The van der Waals surface area contributed by atoms with E-state index in [-0.39, 0.29) is 12.1 Å². The molecule has 0 spiro atoms. The molecular formula is C17H19F2NO2. The molecule has 0 aromatic heterocycles. The minimum atomic E-state index is -1.03. The van der Waals surface area contributed by atoms with Crippen LogP contribution in [-0.2, 0) is 6.54 Å². The molecule has 0 aliphatic rings. The highest BCUT2D eigenvalue weighted by atomic mass is 19.1. The van der Waals surface area contributed by atoms with Crippen molar-refractivity contribution in [2.75, 3.05) is 20.7 Å². The summed E-state index contributed by atoms with van der Waals surface area (Å²) in [5, 5.41) is 10.1. The van der Waals surface area contributed by atoms with Crippen LogP contribution in [0, 0.1) is 11.6 Å². The van der Waals surface area contributed by atoms with Gasteiger partial charge in [-0.25, -0.2) is 8.78 Å². The molecule has 3 nitrogen and oxygen atoms in total. The molecule has 0 saturated heterocycles. The van der Waals surface area contributed by atoms with E-state index in [0.717, 1.165) is 23.4 Å². The van der Waals surface area contributed by atoms with Gasteiger partial charge in [-0.3, -0.25) is 4.90 Å². The van der Waals surface area contributed by atoms with Crippen molar-refractivity contribution in [3.05, 3.63) is 65.2 Å². The van der Waals surface area contributed by atoms with Crippen molar-refractivity contribution in [3.8, 4) is 5.75 Å². The van der Waals surface area contributed by atoms with Gasteiger partial charge in [0.25, 0.3) is 0 Å². The van der Waals surface area contributed by atoms with Crippen LogP contribution >= 0.6 is 0 Å². The molecular weight excluding hydrogens is 288 g/mol. The first-order chi connectivity index (χ1) is 10.5. The number of hydrogen-bond acceptors (Lipinski definition) is 3. The summed E-state index contributed by atoms with van der Waals surface area (Å²) in [5.41, 5.74) is 1.06. The summed E-state index contributed by atoms with van der Waals surface area (Å²) in [5.74, 6) is -0.633. The normalized spacial score (nSPS) is 12.5. The van der Waals surface area contributed by atoms with E-state index < -0.39 is 17.7 Å². The molecule has 0 fully saturated rings. The second-order valence-corrected chi connectivity index (χ2v) is 5.19. The average molecular weight is 307 g/mol. The number of rotatable bonds is 6. The molecule has 0 aliphatic heterocycles. The Morgan fingerprint density at radius 3 is 2.59 bits per heavy atom. The quantitative estimate of drug-likeness (QED) is 0.890. The Bertz CT molecular complexity index is 634. The van der Waals surface area contributed by atoms with Crippen molar-refractivity contribution < 1.29 is 18.6 Å². The number of ether oxygens (including phenoxy) is 1. The highest BCUT2D eigenvalue weighted by molar-refractivity contribution is 5.33. The molecule has 5 heteroatoms. The summed E-state index contributed by atoms with van der Waals surface area (Å²) in [7, 11) is 3.42. The van der Waals surface area contributed by atoms with Gasteiger partial charge < -0.3 is 9.84 Å². The van der Waals surface area contributed by atoms with Gasteiger partial charge in [0.2, 0.25) is 0 Å². The van der Waals surface area contributed by atoms with Crippen LogP contribution in [0.4, 0.5) is 8.78 Å². The predicted octanol–water partition coefficient (Wildman–Crippen LogP) is 3.14. The topological polar surface area (TPSA) is 32.7 Å². The molecule has 0 heterocycles. The van der Waals surface area contributed by atoms with Crippen molar-refractivity contribution in [1.29, 1.82) is 0 Å². The van der Waals surface area contributed by atoms with E-state index in [4.69, 9.17) is 4.74 Å². The van der Waals surface area contributed by atoms with Crippen molar-refractivity contribution in [2.45, 2.75) is 12.6 Å². The van der Waals surface area contributed by atoms with Crippen molar-refractivity contribution >= 4 is 0 Å². The van der Waals surface area contributed by atoms with Crippen LogP contribution in [0.2, 0.25) is 0 Å². The van der Waals surface area contributed by atoms with E-state index in [1.54, 1.807) is 7.11 Å². The van der Waals surface area contributed by atoms with E-state index in [1.165, 1.54) is 6.07 Å². The van der Waals surface area contributed by atoms with Gasteiger partial charge in [0.1, 0.15) is 17.4 Å². The molecule has 2 rings (SSSR count). The summed E-state index contributed by atoms with van der Waals surface area (Å²) in [6.45, 7) is 0.768. The van der Waals surface area contributed by atoms with E-state index in [9.17, 15) is 13.9 Å². The molecule has 0 amide bonds. The van der Waals surface area contributed by atoms with Gasteiger partial charge in [0.05, 0.1) is 13.2 Å². The third kappa shape index (κ3) is 4.02. The maximum atomic E-state index is 13.7. The molecule has 1 unspecified atom stereocenters. The molecule has 118 valence electrons. The molecule has 0 saturated carbocycles. The monoisotopic (exact) mass is 307 g/mol. The fourth-order valence-corrected chi connectivity index (χ4v) is 2.35. The molecule has 0 radical (unpaired) electrons. The summed E-state index contributed by atoms with van der Waals surface area (Å²) >= 11 is 0. The molecule has 0 bridgehead atoms. The third-order valence-corrected chi connectivity index (χ3v) is 3.44. The molecule has 1 N–H and O–H groups in total. The number of aliphatic hydroxyl groups excluding tert-OH is 1. The van der Waals surface area contributed by atoms with Gasteiger partial charge in [-0.2, -0.15) is 0 Å². The number of likely N-dealkylation sites (N-methyl/N-ethyl adjacent to an activating group) is 1. The lowest BCUT2D eigenvalue weighted by molar-refractivity contribution is 0.120. The smallest absolute Gasteiger partial charge is 0.131 e. The first-order valence-corrected chi connectivity index (χ1v) is 6.94. The van der Waals surface area contributed by atoms with Crippen LogP contribution in [0.3, 0.4) is 0 Å². The van der Waals surface area contributed by atoms with Crippen LogP contribution < -0.4 is 4.74 Å². The summed E-state index contributed by atoms with van der Waals surface area (Å²) in [4.78, 5) is 1.85. The summed E-state index contributed by atoms with van der Waals surface area (Å²) < 4.78 is 31.8. The number of halogens is 2. The molecule has 0 aliphatic carbocycles. The zero-order valence-electron chi connectivity index (χ0n) is 12.6. The second-order valence-electron chi connectivity index (χ2n) is 5.19. The van der Waals surface area contributed by atoms with Crippen LogP contribution in [-0.4, -0.2) is 30.7 Å². The van der Waals surface area contributed by atoms with E-state index in [0.29, 0.717) is 6.54 Å². The highest BCUT2D eigenvalue weighted by Crippen LogP contribution is 2.22. The Hall–Kier alpha value is -1.98. The highest BCUT2D eigenvalue weighted by Gasteiger charge is 2.16. The first-order valence-electron chi connectivity index (χ1n) is 6.94. The lowest BCUT2D eigenvalue weighted by Gasteiger charge is -2.22. The van der Waals surface area contributed by atoms with Gasteiger partial charge >= 0.3 is 0 Å². The van der Waals surface area contributed by atoms with Crippen molar-refractivity contribution in [1.82, 2.24) is 4.90 Å². The van der Waals surface area contributed by atoms with Gasteiger partial charge in [-0.15, -0.1) is 0 Å². The lowest BCUT2D eigenvalue weighted by atomic mass is 10.1. The number of hydrogen-bond donors (Lipinski definition) is 1. The Morgan fingerprint density at radius 2 is 1.91 bits per heavy atom. The van der Waals surface area contributed by atoms with Crippen LogP contribution in [0.1, 0.15) is 17.2 Å². The van der Waals surface area contributed by atoms with Gasteiger partial charge in [0.15, 0.2) is 0 Å². The zero-order valence-corrected chi connectivity index (χ0v) is 12.6. The van der Waals surface area contributed by atoms with Crippen LogP contribution in [0.15, 0.2) is 42.5 Å². The SMILES string of the molecule is COc1ccccc1CN(C)CC(O)c1ccc(F)cc1F. The predicted molar refractivity (Wildman–Crippen MR) is 80.6 cm³/mol. The molecule has 2 aromatic carbocycles. The maximum absolute atomic E-state index is 13.7. The standard InChI is InChI=1S/C17H19F2NO2/c1-20(10-12-5-3-4-6-17(12)22-2)11-16(21)14-8-7-13(18)9-15(14)19/h3-9,16,21H,10-11H2,1-2H3. The van der Waals surface area contributed by atoms with E-state index >= 15 is 0 Å². The van der Waals surface area contributed by atoms with Gasteiger partial charge in [-0.1, -0.05) is 24.3 Å². The Kier molecular flexibility index (Phi) is 5.46. The van der Waals surface area contributed by atoms with Crippen molar-refractivity contribution in [3.63, 3.8) is 0 Å². The van der Waals surface area contributed by atoms with E-state index in [2.05, 4.69) is 0 Å². The molecule has 2 aromatic rings. The first kappa shape index (κ1) is 16.4. The summed E-state index contributed by atoms with van der Waals surface area (Å²) in [6, 6.07) is 10.8. The minimum Gasteiger partial charge on any atom is -0.496 e. The maximum Gasteiger partial charge on any atom is 0.131 e. The van der Waals surface area contributed by atoms with Crippen LogP contribution in [0.5, 0.6) is 5.75 Å². The third-order valence-electron chi connectivity index (χ3n) is 3.44. The molecule has 22 heavy (non-hydrogen) atoms. The number of nitrogens with zero attached hydrogens (tertiary/aromatic N) is 1. The lowest BCUT2D eigenvalue weighted by Crippen LogP contribution is -2.25. The fraction of sp³-hybridized carbons (Fsp3) is 0.294. The Morgan fingerprint density at radius 1 is 1.18 bits per heavy atom. The largest absolute Gasteiger partial charge is 0.496 e. The second kappa shape index (κ2) is 7.33. The van der Waals surface area contributed by atoms with Gasteiger partial charge in [-0.05, 0) is 19.2 Å². The van der Waals surface area contributed by atoms with Gasteiger partial charge in [0, 0.05) is 30.3 Å². The van der Waals surface area contributed by atoms with E-state index in [1.807, 2.05) is 36.2 Å². The van der Waals surface area contributed by atoms with Crippen molar-refractivity contribution in [2.24, 2.45) is 0 Å². The minimum absolute atomic E-state index is 0.0910. The Balaban J connectivity index is 2.03. The number of aliphatic hydroxyl groups is 1. The molecule has 1 atom stereocenters.